The monoisotopic (exact) mass is 567 g/mol. The number of carbonyl (C=O) groups is 2. The van der Waals surface area contributed by atoms with Crippen molar-refractivity contribution in [3.63, 3.8) is 0 Å². The summed E-state index contributed by atoms with van der Waals surface area (Å²) in [7, 11) is -3.98. The summed E-state index contributed by atoms with van der Waals surface area (Å²) in [5, 5.41) is 6.45. The molecule has 2 aromatic heterocycles. The van der Waals surface area contributed by atoms with E-state index in [0.29, 0.717) is 11.3 Å². The zero-order chi connectivity index (χ0) is 28.8. The van der Waals surface area contributed by atoms with E-state index in [2.05, 4.69) is 20.1 Å². The third-order valence-electron chi connectivity index (χ3n) is 5.52. The molecule has 2 heterocycles. The summed E-state index contributed by atoms with van der Waals surface area (Å²) in [6.07, 6.45) is -3.10. The topological polar surface area (TPSA) is 132 Å². The molecule has 0 fully saturated rings. The summed E-state index contributed by atoms with van der Waals surface area (Å²) in [6.45, 7) is 4.62. The molecule has 0 aliphatic heterocycles. The molecule has 3 aromatic rings. The Kier molecular flexibility index (Phi) is 9.12. The number of benzene rings is 1. The maximum atomic E-state index is 12.8. The van der Waals surface area contributed by atoms with E-state index in [0.717, 1.165) is 12.1 Å². The zero-order valence-corrected chi connectivity index (χ0v) is 22.2. The predicted molar refractivity (Wildman–Crippen MR) is 135 cm³/mol. The number of rotatable bonds is 10. The van der Waals surface area contributed by atoms with Crippen molar-refractivity contribution in [3.8, 4) is 11.3 Å². The highest BCUT2D eigenvalue weighted by Crippen LogP contribution is 2.31. The molecule has 3 rings (SSSR count). The molecule has 1 aromatic carbocycles. The van der Waals surface area contributed by atoms with Crippen molar-refractivity contribution in [2.75, 3.05) is 13.1 Å². The quantitative estimate of drug-likeness (QED) is 0.382. The summed E-state index contributed by atoms with van der Waals surface area (Å²) in [4.78, 5) is 28.2. The minimum Gasteiger partial charge on any atom is -0.444 e. The van der Waals surface area contributed by atoms with Gasteiger partial charge in [-0.05, 0) is 30.3 Å². The van der Waals surface area contributed by atoms with Crippen LogP contribution in [0.4, 0.5) is 18.0 Å². The normalized spacial score (nSPS) is 13.1. The van der Waals surface area contributed by atoms with Crippen LogP contribution in [0.15, 0.2) is 66.0 Å². The fraction of sp³-hybridized carbons (Fsp3) is 0.360. The standard InChI is InChI=1S/C25H28F3N5O5S/c1-24(2,3)21(16-33-13-11-20(32-33)17-7-9-18(10-8-17)25(26,27)28)38-23(35)30-14-19(34)15-31-39(36,37)22-6-4-5-12-29-22/h4-13,21,31H,14-16H2,1-3H3,(H,30,35)/t21-/m1/s1. The van der Waals surface area contributed by atoms with Gasteiger partial charge in [-0.2, -0.15) is 18.3 Å². The smallest absolute Gasteiger partial charge is 0.416 e. The summed E-state index contributed by atoms with van der Waals surface area (Å²) in [5.41, 5.74) is -0.369. The van der Waals surface area contributed by atoms with Gasteiger partial charge in [-0.1, -0.05) is 39.0 Å². The highest BCUT2D eigenvalue weighted by molar-refractivity contribution is 7.89. The van der Waals surface area contributed by atoms with E-state index in [4.69, 9.17) is 4.74 Å². The number of nitrogens with zero attached hydrogens (tertiary/aromatic N) is 3. The van der Waals surface area contributed by atoms with Crippen molar-refractivity contribution in [1.29, 1.82) is 0 Å². The molecule has 0 bridgehead atoms. The van der Waals surface area contributed by atoms with Crippen LogP contribution in [-0.2, 0) is 32.3 Å². The molecule has 0 unspecified atom stereocenters. The van der Waals surface area contributed by atoms with Gasteiger partial charge in [0.25, 0.3) is 10.0 Å². The molecule has 0 spiro atoms. The predicted octanol–water partition coefficient (Wildman–Crippen LogP) is 3.65. The molecule has 0 aliphatic rings. The number of hydrogen-bond acceptors (Lipinski definition) is 7. The summed E-state index contributed by atoms with van der Waals surface area (Å²) >= 11 is 0. The second-order valence-electron chi connectivity index (χ2n) is 9.64. The lowest BCUT2D eigenvalue weighted by Gasteiger charge is -2.30. The Morgan fingerprint density at radius 1 is 1.03 bits per heavy atom. The highest BCUT2D eigenvalue weighted by atomic mass is 32.2. The van der Waals surface area contributed by atoms with Crippen molar-refractivity contribution in [2.24, 2.45) is 5.41 Å². The lowest BCUT2D eigenvalue weighted by molar-refractivity contribution is -0.137. The fourth-order valence-electron chi connectivity index (χ4n) is 3.26. The summed E-state index contributed by atoms with van der Waals surface area (Å²) < 4.78 is 71.9. The van der Waals surface area contributed by atoms with Crippen LogP contribution in [0.5, 0.6) is 0 Å². The SMILES string of the molecule is CC(C)(C)[C@@H](Cn1ccc(-c2ccc(C(F)(F)F)cc2)n1)OC(=O)NCC(=O)CNS(=O)(=O)c1ccccn1. The van der Waals surface area contributed by atoms with Crippen LogP contribution in [0.2, 0.25) is 0 Å². The molecule has 0 aliphatic carbocycles. The van der Waals surface area contributed by atoms with Crippen molar-refractivity contribution < 1.29 is 35.9 Å². The van der Waals surface area contributed by atoms with Gasteiger partial charge in [0.05, 0.1) is 30.9 Å². The van der Waals surface area contributed by atoms with Crippen LogP contribution in [0.1, 0.15) is 26.3 Å². The van der Waals surface area contributed by atoms with Crippen LogP contribution in [0.3, 0.4) is 0 Å². The minimum atomic E-state index is -4.44. The summed E-state index contributed by atoms with van der Waals surface area (Å²) in [5.74, 6) is -0.605. The van der Waals surface area contributed by atoms with Crippen LogP contribution in [-0.4, -0.2) is 54.3 Å². The molecule has 1 atom stereocenters. The van der Waals surface area contributed by atoms with Crippen molar-refractivity contribution in [1.82, 2.24) is 24.8 Å². The van der Waals surface area contributed by atoms with E-state index >= 15 is 0 Å². The minimum absolute atomic E-state index is 0.134. The number of sulfonamides is 1. The average molecular weight is 568 g/mol. The van der Waals surface area contributed by atoms with Crippen molar-refractivity contribution in [2.45, 2.75) is 44.6 Å². The largest absolute Gasteiger partial charge is 0.444 e. The van der Waals surface area contributed by atoms with Gasteiger partial charge in [0.15, 0.2) is 10.8 Å². The first kappa shape index (κ1) is 29.8. The Morgan fingerprint density at radius 2 is 1.72 bits per heavy atom. The number of carbonyl (C=O) groups excluding carboxylic acids is 2. The Hall–Kier alpha value is -3.78. The lowest BCUT2D eigenvalue weighted by atomic mass is 9.89. The van der Waals surface area contributed by atoms with Gasteiger partial charge in [0.1, 0.15) is 6.10 Å². The van der Waals surface area contributed by atoms with E-state index in [9.17, 15) is 31.2 Å². The number of amides is 1. The number of alkyl halides is 3. The molecular formula is C25H28F3N5O5S. The number of alkyl carbamates (subject to hydrolysis) is 1. The molecule has 39 heavy (non-hydrogen) atoms. The van der Waals surface area contributed by atoms with Crippen molar-refractivity contribution in [3.05, 3.63) is 66.5 Å². The highest BCUT2D eigenvalue weighted by Gasteiger charge is 2.31. The maximum absolute atomic E-state index is 12.8. The first-order valence-electron chi connectivity index (χ1n) is 11.7. The van der Waals surface area contributed by atoms with Crippen LogP contribution in [0, 0.1) is 5.41 Å². The Balaban J connectivity index is 1.55. The van der Waals surface area contributed by atoms with Gasteiger partial charge >= 0.3 is 12.3 Å². The Bertz CT molecular complexity index is 1390. The van der Waals surface area contributed by atoms with E-state index in [1.54, 1.807) is 18.3 Å². The van der Waals surface area contributed by atoms with Gasteiger partial charge < -0.3 is 10.1 Å². The third kappa shape index (κ3) is 8.61. The number of Topliss-reactive ketones (excluding diaryl/α,β-unsaturated/α-hetero) is 1. The second-order valence-corrected chi connectivity index (χ2v) is 11.4. The molecule has 0 radical (unpaired) electrons. The first-order valence-corrected chi connectivity index (χ1v) is 13.2. The lowest BCUT2D eigenvalue weighted by Crippen LogP contribution is -2.41. The molecule has 10 nitrogen and oxygen atoms in total. The number of ether oxygens (including phenoxy) is 1. The van der Waals surface area contributed by atoms with E-state index in [-0.39, 0.29) is 11.6 Å². The number of halogens is 3. The van der Waals surface area contributed by atoms with Gasteiger partial charge in [-0.3, -0.25) is 9.48 Å². The average Bonchev–Trinajstić information content (AvgIpc) is 3.34. The van der Waals surface area contributed by atoms with Gasteiger partial charge in [-0.25, -0.2) is 22.9 Å². The zero-order valence-electron chi connectivity index (χ0n) is 21.4. The molecular weight excluding hydrogens is 539 g/mol. The van der Waals surface area contributed by atoms with Gasteiger partial charge in [0.2, 0.25) is 0 Å². The second kappa shape index (κ2) is 11.9. The number of ketones is 1. The third-order valence-corrected chi connectivity index (χ3v) is 6.84. The number of pyridine rings is 1. The molecule has 2 N–H and O–H groups in total. The van der Waals surface area contributed by atoms with E-state index in [1.807, 2.05) is 20.8 Å². The van der Waals surface area contributed by atoms with Gasteiger partial charge in [0, 0.05) is 23.4 Å². The van der Waals surface area contributed by atoms with Crippen LogP contribution < -0.4 is 10.0 Å². The molecule has 0 saturated carbocycles. The Morgan fingerprint density at radius 3 is 2.31 bits per heavy atom. The Labute approximate surface area is 223 Å². The number of aromatic nitrogens is 3. The molecule has 1 amide bonds. The van der Waals surface area contributed by atoms with Crippen LogP contribution >= 0.6 is 0 Å². The number of hydrogen-bond donors (Lipinski definition) is 2. The fourth-order valence-corrected chi connectivity index (χ4v) is 4.22. The van der Waals surface area contributed by atoms with E-state index < -0.39 is 58.2 Å². The van der Waals surface area contributed by atoms with Crippen LogP contribution in [0.25, 0.3) is 11.3 Å². The maximum Gasteiger partial charge on any atom is 0.416 e. The molecule has 210 valence electrons. The number of nitrogens with one attached hydrogen (secondary N) is 2. The van der Waals surface area contributed by atoms with Crippen molar-refractivity contribution >= 4 is 21.9 Å². The van der Waals surface area contributed by atoms with Gasteiger partial charge in [-0.15, -0.1) is 0 Å². The van der Waals surface area contributed by atoms with E-state index in [1.165, 1.54) is 35.1 Å². The molecule has 0 saturated heterocycles. The first-order chi connectivity index (χ1) is 18.1. The molecule has 14 heteroatoms. The summed E-state index contributed by atoms with van der Waals surface area (Å²) in [6, 6.07) is 10.6.